The molecule has 6 nitrogen and oxygen atoms in total. The normalized spacial score (nSPS) is 20.6. The van der Waals surface area contributed by atoms with E-state index in [9.17, 15) is 14.0 Å². The van der Waals surface area contributed by atoms with Crippen molar-refractivity contribution in [1.29, 1.82) is 0 Å². The molecule has 1 saturated heterocycles. The quantitative estimate of drug-likeness (QED) is 0.795. The van der Waals surface area contributed by atoms with E-state index >= 15 is 0 Å². The second kappa shape index (κ2) is 8.07. The van der Waals surface area contributed by atoms with Gasteiger partial charge in [0.15, 0.2) is 5.60 Å². The zero-order valence-electron chi connectivity index (χ0n) is 16.5. The Bertz CT molecular complexity index is 1040. The second-order valence-corrected chi connectivity index (χ2v) is 8.18. The van der Waals surface area contributed by atoms with Crippen molar-refractivity contribution < 1.29 is 18.8 Å². The molecule has 156 valence electrons. The van der Waals surface area contributed by atoms with E-state index in [0.717, 1.165) is 0 Å². The molecule has 0 aliphatic carbocycles. The molecule has 1 spiro atoms. The highest BCUT2D eigenvalue weighted by Crippen LogP contribution is 2.34. The van der Waals surface area contributed by atoms with Gasteiger partial charge in [0.25, 0.3) is 11.8 Å². The van der Waals surface area contributed by atoms with Crippen LogP contribution in [-0.2, 0) is 9.63 Å². The molecule has 8 heteroatoms. The third-order valence-corrected chi connectivity index (χ3v) is 5.66. The van der Waals surface area contributed by atoms with Crippen LogP contribution in [-0.4, -0.2) is 41.1 Å². The molecular formula is C22H21ClFN3O3. The van der Waals surface area contributed by atoms with Crippen LogP contribution in [0.1, 0.15) is 35.2 Å². The topological polar surface area (TPSA) is 71.0 Å². The fraction of sp³-hybridized carbons (Fsp3) is 0.318. The van der Waals surface area contributed by atoms with Gasteiger partial charge in [0.2, 0.25) is 0 Å². The molecule has 2 aliphatic rings. The summed E-state index contributed by atoms with van der Waals surface area (Å²) < 4.78 is 13.9. The minimum Gasteiger partial charge on any atom is -0.386 e. The lowest BCUT2D eigenvalue weighted by Crippen LogP contribution is -2.50. The van der Waals surface area contributed by atoms with Gasteiger partial charge in [-0.2, -0.15) is 0 Å². The molecule has 2 aromatic rings. The number of halogens is 2. The fourth-order valence-electron chi connectivity index (χ4n) is 3.81. The first-order valence-corrected chi connectivity index (χ1v) is 10.1. The van der Waals surface area contributed by atoms with Crippen LogP contribution in [0.15, 0.2) is 47.6 Å². The van der Waals surface area contributed by atoms with E-state index < -0.39 is 11.4 Å². The third-order valence-electron chi connectivity index (χ3n) is 5.43. The summed E-state index contributed by atoms with van der Waals surface area (Å²) in [6.45, 7) is 2.49. The number of piperidine rings is 1. The van der Waals surface area contributed by atoms with E-state index in [2.05, 4.69) is 10.5 Å². The number of aryl methyl sites for hydroxylation is 1. The molecule has 0 aromatic heterocycles. The molecule has 1 fully saturated rings. The lowest BCUT2D eigenvalue weighted by Gasteiger charge is -2.38. The lowest BCUT2D eigenvalue weighted by molar-refractivity contribution is -0.110. The number of hydrogen-bond acceptors (Lipinski definition) is 4. The van der Waals surface area contributed by atoms with Gasteiger partial charge in [-0.3, -0.25) is 9.59 Å². The van der Waals surface area contributed by atoms with E-state index in [-0.39, 0.29) is 17.5 Å². The fourth-order valence-corrected chi connectivity index (χ4v) is 4.00. The van der Waals surface area contributed by atoms with Crippen LogP contribution >= 0.6 is 11.6 Å². The number of hydrogen-bond donors (Lipinski definition) is 1. The SMILES string of the molecule is Cc1ccc(C(=O)N2CCC[C@]3(CC(C(=O)Nc4cccc(Cl)c4)=NO3)C2)cc1F. The molecule has 4 rings (SSSR count). The van der Waals surface area contributed by atoms with Gasteiger partial charge < -0.3 is 15.1 Å². The maximum absolute atomic E-state index is 13.9. The predicted octanol–water partition coefficient (Wildman–Crippen LogP) is 4.18. The van der Waals surface area contributed by atoms with Crippen molar-refractivity contribution in [1.82, 2.24) is 4.90 Å². The van der Waals surface area contributed by atoms with Gasteiger partial charge >= 0.3 is 0 Å². The summed E-state index contributed by atoms with van der Waals surface area (Å²) in [5, 5.41) is 7.28. The monoisotopic (exact) mass is 429 g/mol. The smallest absolute Gasteiger partial charge is 0.273 e. The Morgan fingerprint density at radius 2 is 2.10 bits per heavy atom. The first kappa shape index (κ1) is 20.3. The minimum atomic E-state index is -0.738. The van der Waals surface area contributed by atoms with E-state index in [4.69, 9.17) is 16.4 Å². The van der Waals surface area contributed by atoms with Crippen molar-refractivity contribution in [3.05, 3.63) is 64.4 Å². The zero-order chi connectivity index (χ0) is 21.3. The average Bonchev–Trinajstić information content (AvgIpc) is 3.13. The number of amides is 2. The van der Waals surface area contributed by atoms with Crippen LogP contribution in [0.25, 0.3) is 0 Å². The van der Waals surface area contributed by atoms with Gasteiger partial charge in [-0.05, 0) is 55.7 Å². The highest BCUT2D eigenvalue weighted by molar-refractivity contribution is 6.43. The summed E-state index contributed by atoms with van der Waals surface area (Å²) in [5.41, 5.74) is 0.888. The first-order chi connectivity index (χ1) is 14.3. The summed E-state index contributed by atoms with van der Waals surface area (Å²) in [5.74, 6) is -1.03. The number of nitrogens with zero attached hydrogens (tertiary/aromatic N) is 2. The summed E-state index contributed by atoms with van der Waals surface area (Å²) >= 11 is 5.95. The maximum atomic E-state index is 13.9. The number of nitrogens with one attached hydrogen (secondary N) is 1. The molecule has 30 heavy (non-hydrogen) atoms. The molecule has 2 heterocycles. The van der Waals surface area contributed by atoms with Crippen LogP contribution in [0, 0.1) is 12.7 Å². The molecule has 0 radical (unpaired) electrons. The molecule has 0 unspecified atom stereocenters. The van der Waals surface area contributed by atoms with Gasteiger partial charge in [-0.1, -0.05) is 28.9 Å². The highest BCUT2D eigenvalue weighted by atomic mass is 35.5. The Hall–Kier alpha value is -2.93. The van der Waals surface area contributed by atoms with E-state index in [0.29, 0.717) is 54.2 Å². The number of oxime groups is 1. The van der Waals surface area contributed by atoms with Crippen LogP contribution in [0.2, 0.25) is 5.02 Å². The standard InChI is InChI=1S/C22H21ClFN3O3/c1-14-6-7-15(10-18(14)24)21(29)27-9-3-8-22(13-27)12-19(26-30-22)20(28)25-17-5-2-4-16(23)11-17/h2,4-7,10-11H,3,8-9,12-13H2,1H3,(H,25,28)/t22-/m0/s1. The number of carbonyl (C=O) groups excluding carboxylic acids is 2. The van der Waals surface area contributed by atoms with Gasteiger partial charge in [-0.25, -0.2) is 4.39 Å². The lowest BCUT2D eigenvalue weighted by atomic mass is 9.87. The van der Waals surface area contributed by atoms with E-state index in [1.807, 2.05) is 0 Å². The average molecular weight is 430 g/mol. The molecule has 1 N–H and O–H groups in total. The zero-order valence-corrected chi connectivity index (χ0v) is 17.2. The Morgan fingerprint density at radius 1 is 1.27 bits per heavy atom. The van der Waals surface area contributed by atoms with Gasteiger partial charge in [-0.15, -0.1) is 0 Å². The highest BCUT2D eigenvalue weighted by Gasteiger charge is 2.45. The minimum absolute atomic E-state index is 0.256. The summed E-state index contributed by atoms with van der Waals surface area (Å²) in [7, 11) is 0. The number of benzene rings is 2. The number of carbonyl (C=O) groups is 2. The molecule has 1 atom stereocenters. The molecule has 2 aromatic carbocycles. The number of anilines is 1. The van der Waals surface area contributed by atoms with Crippen molar-refractivity contribution in [2.75, 3.05) is 18.4 Å². The molecule has 2 amide bonds. The Balaban J connectivity index is 1.42. The number of rotatable bonds is 3. The van der Waals surface area contributed by atoms with Crippen molar-refractivity contribution in [3.8, 4) is 0 Å². The molecule has 0 saturated carbocycles. The third kappa shape index (κ3) is 4.16. The van der Waals surface area contributed by atoms with E-state index in [1.165, 1.54) is 6.07 Å². The first-order valence-electron chi connectivity index (χ1n) is 9.73. The second-order valence-electron chi connectivity index (χ2n) is 7.75. The van der Waals surface area contributed by atoms with Crippen molar-refractivity contribution in [2.24, 2.45) is 5.16 Å². The summed E-state index contributed by atoms with van der Waals surface area (Å²) in [6, 6.07) is 11.3. The largest absolute Gasteiger partial charge is 0.386 e. The van der Waals surface area contributed by atoms with Crippen molar-refractivity contribution >= 4 is 34.8 Å². The molecular weight excluding hydrogens is 409 g/mol. The maximum Gasteiger partial charge on any atom is 0.273 e. The summed E-state index contributed by atoms with van der Waals surface area (Å²) in [4.78, 5) is 32.7. The van der Waals surface area contributed by atoms with Crippen LogP contribution in [0.4, 0.5) is 10.1 Å². The summed E-state index contributed by atoms with van der Waals surface area (Å²) in [6.07, 6.45) is 1.68. The van der Waals surface area contributed by atoms with Crippen LogP contribution in [0.5, 0.6) is 0 Å². The van der Waals surface area contributed by atoms with Gasteiger partial charge in [0.05, 0.1) is 6.54 Å². The number of likely N-dealkylation sites (tertiary alicyclic amines) is 1. The van der Waals surface area contributed by atoms with Gasteiger partial charge in [0.1, 0.15) is 11.5 Å². The molecule has 0 bridgehead atoms. The molecule has 2 aliphatic heterocycles. The van der Waals surface area contributed by atoms with Crippen LogP contribution in [0.3, 0.4) is 0 Å². The Labute approximate surface area is 178 Å². The van der Waals surface area contributed by atoms with Crippen molar-refractivity contribution in [2.45, 2.75) is 31.8 Å². The predicted molar refractivity (Wildman–Crippen MR) is 112 cm³/mol. The van der Waals surface area contributed by atoms with Gasteiger partial charge in [0, 0.05) is 29.2 Å². The Morgan fingerprint density at radius 3 is 2.87 bits per heavy atom. The van der Waals surface area contributed by atoms with Crippen molar-refractivity contribution in [3.63, 3.8) is 0 Å². The Kier molecular flexibility index (Phi) is 5.47. The van der Waals surface area contributed by atoms with Crippen LogP contribution < -0.4 is 5.32 Å². The van der Waals surface area contributed by atoms with E-state index in [1.54, 1.807) is 48.2 Å².